The van der Waals surface area contributed by atoms with Crippen molar-refractivity contribution in [2.24, 2.45) is 0 Å². The first-order valence-electron chi connectivity index (χ1n) is 7.14. The molecule has 1 aromatic heterocycles. The Kier molecular flexibility index (Phi) is 5.24. The predicted molar refractivity (Wildman–Crippen MR) is 87.7 cm³/mol. The van der Waals surface area contributed by atoms with Gasteiger partial charge in [0.1, 0.15) is 36.1 Å². The van der Waals surface area contributed by atoms with Crippen molar-refractivity contribution >= 4 is 22.1 Å². The molecule has 0 fully saturated rings. The first kappa shape index (κ1) is 19.0. The number of benzene rings is 2. The summed E-state index contributed by atoms with van der Waals surface area (Å²) in [6.45, 7) is -0.447. The van der Waals surface area contributed by atoms with Gasteiger partial charge in [0.2, 0.25) is 5.28 Å². The molecule has 2 aromatic carbocycles. The fraction of sp³-hybridized carbons (Fsp3) is 0.0667. The summed E-state index contributed by atoms with van der Waals surface area (Å²) in [6, 6.07) is 6.82. The Morgan fingerprint density at radius 2 is 1.67 bits per heavy atom. The second-order valence-corrected chi connectivity index (χ2v) is 6.37. The average Bonchev–Trinajstić information content (AvgIpc) is 3.00. The topological polar surface area (TPSA) is 83.3 Å². The van der Waals surface area contributed by atoms with Crippen LogP contribution in [0.15, 0.2) is 42.7 Å². The first-order chi connectivity index (χ1) is 12.7. The third kappa shape index (κ3) is 4.89. The highest BCUT2D eigenvalue weighted by atomic mass is 35.5. The molecule has 7 nitrogen and oxygen atoms in total. The second kappa shape index (κ2) is 7.45. The van der Waals surface area contributed by atoms with Gasteiger partial charge in [-0.25, -0.2) is 18.4 Å². The quantitative estimate of drug-likeness (QED) is 0.570. The van der Waals surface area contributed by atoms with Gasteiger partial charge in [0.05, 0.1) is 11.3 Å². The zero-order valence-electron chi connectivity index (χ0n) is 13.1. The third-order valence-electron chi connectivity index (χ3n) is 3.26. The molecule has 0 atom stereocenters. The summed E-state index contributed by atoms with van der Waals surface area (Å²) < 4.78 is 72.0. The summed E-state index contributed by atoms with van der Waals surface area (Å²) in [5.74, 6) is -1.87. The van der Waals surface area contributed by atoms with Crippen molar-refractivity contribution in [1.82, 2.24) is 14.8 Å². The maximum Gasteiger partial charge on any atom is 0.488 e. The number of nitrogens with zero attached hydrogens (tertiary/aromatic N) is 3. The van der Waals surface area contributed by atoms with Crippen LogP contribution in [0, 0.1) is 11.6 Å². The summed E-state index contributed by atoms with van der Waals surface area (Å²) in [7, 11) is -5.14. The van der Waals surface area contributed by atoms with Crippen molar-refractivity contribution in [3.63, 3.8) is 0 Å². The highest BCUT2D eigenvalue weighted by molar-refractivity contribution is 7.81. The Morgan fingerprint density at radius 3 is 2.19 bits per heavy atom. The van der Waals surface area contributed by atoms with E-state index in [1.165, 1.54) is 18.5 Å². The van der Waals surface area contributed by atoms with Gasteiger partial charge in [-0.2, -0.15) is 8.42 Å². The largest absolute Gasteiger partial charge is 0.489 e. The van der Waals surface area contributed by atoms with Crippen molar-refractivity contribution in [2.75, 3.05) is 0 Å². The van der Waals surface area contributed by atoms with E-state index >= 15 is 0 Å². The third-order valence-corrected chi connectivity index (χ3v) is 3.82. The maximum absolute atomic E-state index is 14.2. The molecule has 3 aromatic rings. The molecule has 142 valence electrons. The van der Waals surface area contributed by atoms with Gasteiger partial charge in [0.25, 0.3) is 0 Å². The number of hydrogen-bond acceptors (Lipinski definition) is 6. The number of aromatic nitrogens is 3. The number of halogens is 4. The van der Waals surface area contributed by atoms with Crippen LogP contribution < -0.4 is 8.92 Å². The monoisotopic (exact) mass is 419 g/mol. The van der Waals surface area contributed by atoms with Gasteiger partial charge < -0.3 is 8.92 Å². The molecule has 0 aliphatic rings. The highest BCUT2D eigenvalue weighted by Crippen LogP contribution is 2.23. The molecule has 12 heteroatoms. The summed E-state index contributed by atoms with van der Waals surface area (Å²) >= 11 is 5.57. The minimum atomic E-state index is -5.14. The van der Waals surface area contributed by atoms with E-state index < -0.39 is 28.7 Å². The van der Waals surface area contributed by atoms with Crippen LogP contribution in [0.4, 0.5) is 12.7 Å². The minimum absolute atomic E-state index is 0.0730. The van der Waals surface area contributed by atoms with E-state index in [-0.39, 0.29) is 28.0 Å². The zero-order valence-corrected chi connectivity index (χ0v) is 14.7. The molecule has 1 heterocycles. The number of ether oxygens (including phenoxy) is 1. The number of hydrogen-bond donors (Lipinski definition) is 0. The highest BCUT2D eigenvalue weighted by Gasteiger charge is 2.14. The Hall–Kier alpha value is -2.79. The molecule has 0 aliphatic heterocycles. The van der Waals surface area contributed by atoms with E-state index in [1.54, 1.807) is 0 Å². The van der Waals surface area contributed by atoms with Crippen LogP contribution in [-0.4, -0.2) is 23.2 Å². The van der Waals surface area contributed by atoms with Crippen LogP contribution in [0.1, 0.15) is 5.56 Å². The lowest BCUT2D eigenvalue weighted by atomic mass is 10.2. The van der Waals surface area contributed by atoms with Crippen molar-refractivity contribution in [1.29, 1.82) is 0 Å². The number of rotatable bonds is 6. The van der Waals surface area contributed by atoms with E-state index in [4.69, 9.17) is 16.3 Å². The summed E-state index contributed by atoms with van der Waals surface area (Å²) in [5.41, 5.74) is -0.251. The lowest BCUT2D eigenvalue weighted by molar-refractivity contribution is 0.292. The van der Waals surface area contributed by atoms with Crippen molar-refractivity contribution in [2.45, 2.75) is 6.61 Å². The van der Waals surface area contributed by atoms with E-state index in [2.05, 4.69) is 14.3 Å². The van der Waals surface area contributed by atoms with Crippen molar-refractivity contribution in [3.8, 4) is 17.2 Å². The molecular weight excluding hydrogens is 411 g/mol. The van der Waals surface area contributed by atoms with Crippen LogP contribution in [0.2, 0.25) is 5.28 Å². The Morgan fingerprint density at radius 1 is 1.07 bits per heavy atom. The molecular formula is C15H9ClF3N3O4S. The van der Waals surface area contributed by atoms with Crippen LogP contribution in [0.3, 0.4) is 0 Å². The van der Waals surface area contributed by atoms with E-state index in [1.807, 2.05) is 0 Å². The maximum atomic E-state index is 14.2. The summed E-state index contributed by atoms with van der Waals surface area (Å²) in [4.78, 5) is 3.66. The van der Waals surface area contributed by atoms with E-state index in [9.17, 15) is 21.1 Å². The molecule has 3 rings (SSSR count). The van der Waals surface area contributed by atoms with Crippen LogP contribution >= 0.6 is 11.6 Å². The van der Waals surface area contributed by atoms with E-state index in [0.717, 1.165) is 28.9 Å². The van der Waals surface area contributed by atoms with E-state index in [0.29, 0.717) is 0 Å². The van der Waals surface area contributed by atoms with Crippen LogP contribution in [0.5, 0.6) is 11.5 Å². The predicted octanol–water partition coefficient (Wildman–Crippen LogP) is 3.37. The standard InChI is InChI=1S/C15H9ClF3N3O4S/c16-15-20-8-22(21-15)9-5-13(17)12(14(18)6-9)7-25-10-1-3-11(4-2-10)26-27(19,23)24/h1-6,8H,7H2. The SMILES string of the molecule is O=S(=O)(F)Oc1ccc(OCc2c(F)cc(-n3cnc(Cl)n3)cc2F)cc1. The fourth-order valence-electron chi connectivity index (χ4n) is 2.09. The van der Waals surface area contributed by atoms with Crippen molar-refractivity contribution < 1.29 is 30.0 Å². The van der Waals surface area contributed by atoms with Gasteiger partial charge in [0.15, 0.2) is 0 Å². The Labute approximate surface area is 156 Å². The molecule has 27 heavy (non-hydrogen) atoms. The molecule has 0 saturated carbocycles. The Bertz CT molecular complexity index is 1050. The van der Waals surface area contributed by atoms with Gasteiger partial charge in [-0.3, -0.25) is 0 Å². The molecule has 0 saturated heterocycles. The Balaban J connectivity index is 1.72. The van der Waals surface area contributed by atoms with Crippen LogP contribution in [-0.2, 0) is 17.1 Å². The minimum Gasteiger partial charge on any atom is -0.489 e. The molecule has 0 bridgehead atoms. The molecule has 0 N–H and O–H groups in total. The lowest BCUT2D eigenvalue weighted by Gasteiger charge is -2.10. The second-order valence-electron chi connectivity index (χ2n) is 5.08. The molecule has 0 radical (unpaired) electrons. The average molecular weight is 420 g/mol. The molecule has 0 unspecified atom stereocenters. The molecule has 0 aliphatic carbocycles. The van der Waals surface area contributed by atoms with Crippen molar-refractivity contribution in [3.05, 3.63) is 65.2 Å². The zero-order chi connectivity index (χ0) is 19.6. The van der Waals surface area contributed by atoms with Gasteiger partial charge >= 0.3 is 10.5 Å². The smallest absolute Gasteiger partial charge is 0.488 e. The summed E-state index contributed by atoms with van der Waals surface area (Å²) in [6.07, 6.45) is 1.20. The first-order valence-corrected chi connectivity index (χ1v) is 8.82. The van der Waals surface area contributed by atoms with Gasteiger partial charge in [0, 0.05) is 12.1 Å². The normalized spacial score (nSPS) is 11.4. The lowest BCUT2D eigenvalue weighted by Crippen LogP contribution is -2.05. The molecule has 0 amide bonds. The van der Waals surface area contributed by atoms with Gasteiger partial charge in [-0.05, 0) is 35.9 Å². The van der Waals surface area contributed by atoms with Gasteiger partial charge in [-0.15, -0.1) is 5.10 Å². The van der Waals surface area contributed by atoms with Crippen LogP contribution in [0.25, 0.3) is 5.69 Å². The fourth-order valence-corrected chi connectivity index (χ4v) is 2.56. The molecule has 0 spiro atoms. The van der Waals surface area contributed by atoms with Gasteiger partial charge in [-0.1, -0.05) is 3.89 Å². The summed E-state index contributed by atoms with van der Waals surface area (Å²) in [5, 5.41) is 3.67.